The Labute approximate surface area is 129 Å². The summed E-state index contributed by atoms with van der Waals surface area (Å²) >= 11 is 0. The number of benzene rings is 1. The molecule has 1 aliphatic heterocycles. The van der Waals surface area contributed by atoms with Crippen LogP contribution in [0.5, 0.6) is 0 Å². The number of piperidine rings is 1. The molecule has 2 heterocycles. The fraction of sp³-hybridized carbons (Fsp3) is 0.471. The van der Waals surface area contributed by atoms with Crippen LogP contribution in [0.2, 0.25) is 0 Å². The SMILES string of the molecule is O=C(O)c1cc2cc(NC3CCN(C4CC4)CC3)ccc2[nH]1. The molecule has 2 aromatic rings. The van der Waals surface area contributed by atoms with Gasteiger partial charge >= 0.3 is 5.97 Å². The largest absolute Gasteiger partial charge is 0.477 e. The summed E-state index contributed by atoms with van der Waals surface area (Å²) in [6.45, 7) is 2.38. The minimum absolute atomic E-state index is 0.241. The predicted molar refractivity (Wildman–Crippen MR) is 86.5 cm³/mol. The van der Waals surface area contributed by atoms with Crippen molar-refractivity contribution < 1.29 is 9.90 Å². The third-order valence-electron chi connectivity index (χ3n) is 4.81. The molecule has 4 rings (SSSR count). The minimum Gasteiger partial charge on any atom is -0.477 e. The van der Waals surface area contributed by atoms with Crippen molar-refractivity contribution >= 4 is 22.6 Å². The van der Waals surface area contributed by atoms with E-state index in [1.807, 2.05) is 18.2 Å². The van der Waals surface area contributed by atoms with Gasteiger partial charge < -0.3 is 20.3 Å². The van der Waals surface area contributed by atoms with Gasteiger partial charge in [0.25, 0.3) is 0 Å². The van der Waals surface area contributed by atoms with Crippen LogP contribution in [0.25, 0.3) is 10.9 Å². The third kappa shape index (κ3) is 2.68. The molecule has 116 valence electrons. The molecule has 5 nitrogen and oxygen atoms in total. The Morgan fingerprint density at radius 1 is 1.18 bits per heavy atom. The average Bonchev–Trinajstić information content (AvgIpc) is 3.27. The molecule has 3 N–H and O–H groups in total. The predicted octanol–water partition coefficient (Wildman–Crippen LogP) is 2.90. The van der Waals surface area contributed by atoms with E-state index in [-0.39, 0.29) is 5.69 Å². The summed E-state index contributed by atoms with van der Waals surface area (Å²) < 4.78 is 0. The van der Waals surface area contributed by atoms with Crippen LogP contribution < -0.4 is 5.32 Å². The van der Waals surface area contributed by atoms with Gasteiger partial charge in [-0.25, -0.2) is 4.79 Å². The van der Waals surface area contributed by atoms with E-state index in [9.17, 15) is 4.79 Å². The van der Waals surface area contributed by atoms with Gasteiger partial charge in [-0.05, 0) is 49.9 Å². The Kier molecular flexibility index (Phi) is 3.30. The van der Waals surface area contributed by atoms with Crippen molar-refractivity contribution in [3.8, 4) is 0 Å². The fourth-order valence-electron chi connectivity index (χ4n) is 3.42. The maximum absolute atomic E-state index is 11.0. The van der Waals surface area contributed by atoms with Crippen LogP contribution in [-0.2, 0) is 0 Å². The second-order valence-corrected chi connectivity index (χ2v) is 6.48. The van der Waals surface area contributed by atoms with E-state index in [2.05, 4.69) is 15.2 Å². The number of carboxylic acids is 1. The minimum atomic E-state index is -0.918. The van der Waals surface area contributed by atoms with Crippen LogP contribution in [0.3, 0.4) is 0 Å². The molecule has 1 aromatic heterocycles. The number of H-pyrrole nitrogens is 1. The van der Waals surface area contributed by atoms with Crippen molar-refractivity contribution in [1.29, 1.82) is 0 Å². The topological polar surface area (TPSA) is 68.4 Å². The number of carboxylic acid groups (broad SMARTS) is 1. The molecule has 0 spiro atoms. The summed E-state index contributed by atoms with van der Waals surface area (Å²) in [5.41, 5.74) is 2.18. The number of rotatable bonds is 4. The highest BCUT2D eigenvalue weighted by Gasteiger charge is 2.31. The third-order valence-corrected chi connectivity index (χ3v) is 4.81. The van der Waals surface area contributed by atoms with Crippen molar-refractivity contribution in [2.24, 2.45) is 0 Å². The Balaban J connectivity index is 1.44. The number of carbonyl (C=O) groups is 1. The van der Waals surface area contributed by atoms with Crippen molar-refractivity contribution in [2.45, 2.75) is 37.8 Å². The smallest absolute Gasteiger partial charge is 0.352 e. The number of nitrogens with one attached hydrogen (secondary N) is 2. The van der Waals surface area contributed by atoms with Crippen molar-refractivity contribution in [2.75, 3.05) is 18.4 Å². The van der Waals surface area contributed by atoms with Gasteiger partial charge in [-0.15, -0.1) is 0 Å². The van der Waals surface area contributed by atoms with Gasteiger partial charge in [-0.2, -0.15) is 0 Å². The summed E-state index contributed by atoms with van der Waals surface area (Å²) in [6.07, 6.45) is 5.13. The van der Waals surface area contributed by atoms with Gasteiger partial charge in [-0.3, -0.25) is 0 Å². The first-order valence-electron chi connectivity index (χ1n) is 8.06. The number of nitrogens with zero attached hydrogens (tertiary/aromatic N) is 1. The van der Waals surface area contributed by atoms with Crippen LogP contribution in [-0.4, -0.2) is 46.1 Å². The van der Waals surface area contributed by atoms with Gasteiger partial charge in [0, 0.05) is 41.8 Å². The number of anilines is 1. The van der Waals surface area contributed by atoms with Crippen molar-refractivity contribution in [3.05, 3.63) is 30.0 Å². The van der Waals surface area contributed by atoms with Gasteiger partial charge in [0.05, 0.1) is 0 Å². The van der Waals surface area contributed by atoms with E-state index in [1.54, 1.807) is 6.07 Å². The molecule has 1 aromatic carbocycles. The van der Waals surface area contributed by atoms with Crippen LogP contribution >= 0.6 is 0 Å². The van der Waals surface area contributed by atoms with Crippen molar-refractivity contribution in [3.63, 3.8) is 0 Å². The first-order chi connectivity index (χ1) is 10.7. The number of hydrogen-bond acceptors (Lipinski definition) is 3. The lowest BCUT2D eigenvalue weighted by molar-refractivity contribution is 0.0691. The molecular formula is C17H21N3O2. The first kappa shape index (κ1) is 13.6. The lowest BCUT2D eigenvalue weighted by Gasteiger charge is -2.32. The van der Waals surface area contributed by atoms with E-state index in [0.717, 1.165) is 22.6 Å². The van der Waals surface area contributed by atoms with Crippen LogP contribution in [0, 0.1) is 0 Å². The summed E-state index contributed by atoms with van der Waals surface area (Å²) in [5, 5.41) is 13.6. The molecule has 0 bridgehead atoms. The fourth-order valence-corrected chi connectivity index (χ4v) is 3.42. The summed E-state index contributed by atoms with van der Waals surface area (Å²) in [5.74, 6) is -0.918. The number of aromatic nitrogens is 1. The molecule has 22 heavy (non-hydrogen) atoms. The molecule has 0 radical (unpaired) electrons. The Hall–Kier alpha value is -2.01. The molecule has 0 atom stereocenters. The molecular weight excluding hydrogens is 278 g/mol. The molecule has 2 fully saturated rings. The average molecular weight is 299 g/mol. The zero-order valence-electron chi connectivity index (χ0n) is 12.5. The molecule has 0 unspecified atom stereocenters. The summed E-state index contributed by atoms with van der Waals surface area (Å²) in [4.78, 5) is 16.5. The number of aromatic carboxylic acids is 1. The first-order valence-corrected chi connectivity index (χ1v) is 8.06. The van der Waals surface area contributed by atoms with Crippen LogP contribution in [0.15, 0.2) is 24.3 Å². The molecule has 0 amide bonds. The molecule has 1 aliphatic carbocycles. The Morgan fingerprint density at radius 2 is 1.95 bits per heavy atom. The Morgan fingerprint density at radius 3 is 2.64 bits per heavy atom. The molecule has 2 aliphatic rings. The van der Waals surface area contributed by atoms with E-state index in [1.165, 1.54) is 38.8 Å². The lowest BCUT2D eigenvalue weighted by atomic mass is 10.0. The monoisotopic (exact) mass is 299 g/mol. The van der Waals surface area contributed by atoms with Crippen LogP contribution in [0.4, 0.5) is 5.69 Å². The van der Waals surface area contributed by atoms with Crippen molar-refractivity contribution in [1.82, 2.24) is 9.88 Å². The van der Waals surface area contributed by atoms with Gasteiger partial charge in [-0.1, -0.05) is 0 Å². The maximum atomic E-state index is 11.0. The van der Waals surface area contributed by atoms with E-state index in [0.29, 0.717) is 6.04 Å². The normalized spacial score (nSPS) is 20.4. The summed E-state index contributed by atoms with van der Waals surface area (Å²) in [6, 6.07) is 9.09. The number of fused-ring (bicyclic) bond motifs is 1. The molecule has 5 heteroatoms. The second-order valence-electron chi connectivity index (χ2n) is 6.48. The van der Waals surface area contributed by atoms with E-state index < -0.39 is 5.97 Å². The van der Waals surface area contributed by atoms with Crippen LogP contribution in [0.1, 0.15) is 36.2 Å². The highest BCUT2D eigenvalue weighted by Crippen LogP contribution is 2.30. The second kappa shape index (κ2) is 5.32. The zero-order chi connectivity index (χ0) is 15.1. The van der Waals surface area contributed by atoms with E-state index in [4.69, 9.17) is 5.11 Å². The highest BCUT2D eigenvalue weighted by atomic mass is 16.4. The maximum Gasteiger partial charge on any atom is 0.352 e. The summed E-state index contributed by atoms with van der Waals surface area (Å²) in [7, 11) is 0. The number of likely N-dealkylation sites (tertiary alicyclic amines) is 1. The number of hydrogen-bond donors (Lipinski definition) is 3. The highest BCUT2D eigenvalue weighted by molar-refractivity contribution is 5.94. The van der Waals surface area contributed by atoms with Gasteiger partial charge in [0.2, 0.25) is 0 Å². The van der Waals surface area contributed by atoms with E-state index >= 15 is 0 Å². The van der Waals surface area contributed by atoms with Gasteiger partial charge in [0.15, 0.2) is 0 Å². The Bertz CT molecular complexity index is 697. The molecule has 1 saturated heterocycles. The quantitative estimate of drug-likeness (QED) is 0.812. The standard InChI is InChI=1S/C17H21N3O2/c21-17(22)16-10-11-9-13(1-4-15(11)19-16)18-12-5-7-20(8-6-12)14-2-3-14/h1,4,9-10,12,14,18-19H,2-3,5-8H2,(H,21,22). The molecule has 1 saturated carbocycles. The number of aromatic amines is 1. The zero-order valence-corrected chi connectivity index (χ0v) is 12.5. The van der Waals surface area contributed by atoms with Gasteiger partial charge in [0.1, 0.15) is 5.69 Å². The lowest BCUT2D eigenvalue weighted by Crippen LogP contribution is -2.40.